The standard InChI is InChI=1S/C24H25ClF3N5O6S/c1-23(4-6-40(35,36)7-5-23)32-21(34)20-31-19-15(33(20)11-24(28)12-37-13-24)2-3-18(30-19)39-22-16(38-10-17(26)27)8-14(25)9-29-22/h2-3,8-9,17H,4-7,10-13H2,1H3,(H,32,34). The molecule has 2 fully saturated rings. The minimum Gasteiger partial charge on any atom is -0.482 e. The summed E-state index contributed by atoms with van der Waals surface area (Å²) in [5, 5.41) is 3.00. The van der Waals surface area contributed by atoms with E-state index in [2.05, 4.69) is 20.3 Å². The van der Waals surface area contributed by atoms with Crippen molar-refractivity contribution >= 4 is 38.5 Å². The number of ether oxygens (including phenoxy) is 3. The van der Waals surface area contributed by atoms with E-state index in [1.807, 2.05) is 0 Å². The molecule has 5 heterocycles. The highest BCUT2D eigenvalue weighted by Gasteiger charge is 2.41. The fourth-order valence-corrected chi connectivity index (χ4v) is 6.24. The molecule has 3 aromatic heterocycles. The van der Waals surface area contributed by atoms with Gasteiger partial charge in [-0.2, -0.15) is 4.98 Å². The molecule has 0 aromatic carbocycles. The molecular weight excluding hydrogens is 579 g/mol. The van der Waals surface area contributed by atoms with Gasteiger partial charge >= 0.3 is 0 Å². The Hall–Kier alpha value is -3.17. The number of pyridine rings is 2. The van der Waals surface area contributed by atoms with Crippen LogP contribution in [0.1, 0.15) is 30.4 Å². The number of hydrogen-bond acceptors (Lipinski definition) is 9. The SMILES string of the molecule is CC1(NC(=O)c2nc3nc(Oc4ncc(Cl)cc4OCC(F)F)ccc3n2CC2(F)COC2)CCS(=O)(=O)CC1. The molecule has 0 radical (unpaired) electrons. The lowest BCUT2D eigenvalue weighted by Gasteiger charge is -2.35. The van der Waals surface area contributed by atoms with E-state index < -0.39 is 40.0 Å². The van der Waals surface area contributed by atoms with Crippen molar-refractivity contribution in [3.63, 3.8) is 0 Å². The van der Waals surface area contributed by atoms with Crippen molar-refractivity contribution in [3.05, 3.63) is 35.2 Å². The van der Waals surface area contributed by atoms with E-state index in [1.54, 1.807) is 6.92 Å². The molecule has 216 valence electrons. The average Bonchev–Trinajstić information content (AvgIpc) is 3.22. The zero-order valence-corrected chi connectivity index (χ0v) is 22.8. The Kier molecular flexibility index (Phi) is 7.56. The fraction of sp³-hybridized carbons (Fsp3) is 0.500. The maximum Gasteiger partial charge on any atom is 0.287 e. The molecule has 0 saturated carbocycles. The number of alkyl halides is 3. The van der Waals surface area contributed by atoms with Crippen molar-refractivity contribution in [2.75, 3.05) is 31.3 Å². The van der Waals surface area contributed by atoms with E-state index >= 15 is 4.39 Å². The molecule has 40 heavy (non-hydrogen) atoms. The van der Waals surface area contributed by atoms with Gasteiger partial charge in [0.25, 0.3) is 18.2 Å². The van der Waals surface area contributed by atoms with E-state index in [0.29, 0.717) is 5.52 Å². The van der Waals surface area contributed by atoms with Crippen LogP contribution in [0.2, 0.25) is 5.02 Å². The number of nitrogens with one attached hydrogen (secondary N) is 1. The van der Waals surface area contributed by atoms with Crippen LogP contribution >= 0.6 is 11.6 Å². The third-order valence-electron chi connectivity index (χ3n) is 6.65. The lowest BCUT2D eigenvalue weighted by atomic mass is 9.95. The first-order valence-corrected chi connectivity index (χ1v) is 14.4. The van der Waals surface area contributed by atoms with Crippen molar-refractivity contribution in [2.45, 2.75) is 43.9 Å². The van der Waals surface area contributed by atoms with E-state index in [0.717, 1.165) is 0 Å². The maximum atomic E-state index is 15.1. The summed E-state index contributed by atoms with van der Waals surface area (Å²) in [6.45, 7) is 0.306. The number of carbonyl (C=O) groups is 1. The van der Waals surface area contributed by atoms with Crippen LogP contribution in [-0.4, -0.2) is 82.8 Å². The Bertz CT molecular complexity index is 1540. The van der Waals surface area contributed by atoms with Crippen molar-refractivity contribution in [3.8, 4) is 17.5 Å². The number of nitrogens with zero attached hydrogens (tertiary/aromatic N) is 4. The lowest BCUT2D eigenvalue weighted by Crippen LogP contribution is -2.52. The second kappa shape index (κ2) is 10.7. The van der Waals surface area contributed by atoms with Gasteiger partial charge in [0.15, 0.2) is 17.1 Å². The van der Waals surface area contributed by atoms with Crippen molar-refractivity contribution < 1.29 is 40.6 Å². The quantitative estimate of drug-likeness (QED) is 0.391. The normalized spacial score (nSPS) is 19.2. The van der Waals surface area contributed by atoms with Crippen LogP contribution in [0.3, 0.4) is 0 Å². The summed E-state index contributed by atoms with van der Waals surface area (Å²) in [5.74, 6) is -1.22. The first-order chi connectivity index (χ1) is 18.8. The number of carbonyl (C=O) groups excluding carboxylic acids is 1. The molecule has 2 saturated heterocycles. The summed E-state index contributed by atoms with van der Waals surface area (Å²) >= 11 is 5.90. The largest absolute Gasteiger partial charge is 0.482 e. The van der Waals surface area contributed by atoms with E-state index in [9.17, 15) is 22.0 Å². The van der Waals surface area contributed by atoms with Gasteiger partial charge in [0.2, 0.25) is 11.7 Å². The number of rotatable bonds is 9. The molecule has 1 amide bonds. The number of halogens is 4. The van der Waals surface area contributed by atoms with Gasteiger partial charge in [0.1, 0.15) is 16.4 Å². The molecule has 0 unspecified atom stereocenters. The molecule has 11 nitrogen and oxygen atoms in total. The van der Waals surface area contributed by atoms with Crippen molar-refractivity contribution in [2.24, 2.45) is 0 Å². The van der Waals surface area contributed by atoms with Crippen LogP contribution in [0.5, 0.6) is 17.5 Å². The number of fused-ring (bicyclic) bond motifs is 1. The summed E-state index contributed by atoms with van der Waals surface area (Å²) in [4.78, 5) is 26.0. The van der Waals surface area contributed by atoms with Crippen LogP contribution in [0.4, 0.5) is 13.2 Å². The van der Waals surface area contributed by atoms with Crippen LogP contribution in [0, 0.1) is 0 Å². The maximum absolute atomic E-state index is 15.1. The Morgan fingerprint density at radius 2 is 1.98 bits per heavy atom. The molecule has 2 aliphatic rings. The van der Waals surface area contributed by atoms with Crippen molar-refractivity contribution in [1.29, 1.82) is 0 Å². The van der Waals surface area contributed by atoms with Gasteiger partial charge in [-0.25, -0.2) is 31.6 Å². The Morgan fingerprint density at radius 1 is 1.25 bits per heavy atom. The van der Waals surface area contributed by atoms with Gasteiger partial charge in [-0.15, -0.1) is 0 Å². The highest BCUT2D eigenvalue weighted by molar-refractivity contribution is 7.91. The van der Waals surface area contributed by atoms with Crippen LogP contribution in [-0.2, 0) is 21.1 Å². The van der Waals surface area contributed by atoms with Crippen LogP contribution < -0.4 is 14.8 Å². The summed E-state index contributed by atoms with van der Waals surface area (Å²) in [7, 11) is -3.16. The van der Waals surface area contributed by atoms with E-state index in [4.69, 9.17) is 25.8 Å². The number of sulfone groups is 1. The molecule has 16 heteroatoms. The molecule has 0 spiro atoms. The summed E-state index contributed by atoms with van der Waals surface area (Å²) < 4.78 is 81.3. The summed E-state index contributed by atoms with van der Waals surface area (Å²) in [5.41, 5.74) is -2.14. The predicted molar refractivity (Wildman–Crippen MR) is 137 cm³/mol. The zero-order valence-electron chi connectivity index (χ0n) is 21.2. The molecule has 0 bridgehead atoms. The van der Waals surface area contributed by atoms with Gasteiger partial charge in [-0.1, -0.05) is 11.6 Å². The molecule has 1 N–H and O–H groups in total. The molecule has 2 aliphatic heterocycles. The zero-order chi connectivity index (χ0) is 28.7. The van der Waals surface area contributed by atoms with Crippen molar-refractivity contribution in [1.82, 2.24) is 24.8 Å². The van der Waals surface area contributed by atoms with Gasteiger partial charge < -0.3 is 24.1 Å². The molecular formula is C24H25ClF3N5O6S. The Labute approximate surface area is 231 Å². The summed E-state index contributed by atoms with van der Waals surface area (Å²) in [6, 6.07) is 4.21. The topological polar surface area (TPSA) is 135 Å². The second-order valence-corrected chi connectivity index (χ2v) is 12.8. The first-order valence-electron chi connectivity index (χ1n) is 12.3. The molecule has 5 rings (SSSR count). The van der Waals surface area contributed by atoms with Gasteiger partial charge in [0.05, 0.1) is 41.8 Å². The van der Waals surface area contributed by atoms with E-state index in [1.165, 1.54) is 29.0 Å². The lowest BCUT2D eigenvalue weighted by molar-refractivity contribution is -0.137. The third-order valence-corrected chi connectivity index (χ3v) is 8.51. The smallest absolute Gasteiger partial charge is 0.287 e. The predicted octanol–water partition coefficient (Wildman–Crippen LogP) is 3.35. The minimum atomic E-state index is -3.16. The van der Waals surface area contributed by atoms with Gasteiger partial charge in [-0.3, -0.25) is 4.79 Å². The average molecular weight is 604 g/mol. The summed E-state index contributed by atoms with van der Waals surface area (Å²) in [6.07, 6.45) is -1.05. The minimum absolute atomic E-state index is 0.0480. The highest BCUT2D eigenvalue weighted by Crippen LogP contribution is 2.33. The van der Waals surface area contributed by atoms with Gasteiger partial charge in [0, 0.05) is 23.9 Å². The monoisotopic (exact) mass is 603 g/mol. The fourth-order valence-electron chi connectivity index (χ4n) is 4.36. The molecule has 0 atom stereocenters. The Morgan fingerprint density at radius 3 is 2.62 bits per heavy atom. The first kappa shape index (κ1) is 28.4. The van der Waals surface area contributed by atoms with Gasteiger partial charge in [-0.05, 0) is 25.8 Å². The number of aromatic nitrogens is 4. The number of hydrogen-bond donors (Lipinski definition) is 1. The van der Waals surface area contributed by atoms with E-state index in [-0.39, 0.29) is 78.1 Å². The van der Waals surface area contributed by atoms with Crippen LogP contribution in [0.25, 0.3) is 11.2 Å². The highest BCUT2D eigenvalue weighted by atomic mass is 35.5. The molecule has 3 aromatic rings. The Balaban J connectivity index is 1.45. The van der Waals surface area contributed by atoms with Crippen LogP contribution in [0.15, 0.2) is 24.4 Å². The number of amides is 1. The number of imidazole rings is 1. The molecule has 0 aliphatic carbocycles. The second-order valence-electron chi connectivity index (χ2n) is 10.1. The third kappa shape index (κ3) is 6.25.